The molecule has 0 saturated carbocycles. The highest BCUT2D eigenvalue weighted by molar-refractivity contribution is 6.76. The molecule has 0 aromatic heterocycles. The standard InChI is InChI=1S/C13H30Si/c1-11(2)9-12(13(3,4)5)10-14(6,7)8/h11-12H,9-10H2,1-8H3. The molecule has 86 valence electrons. The van der Waals surface area contributed by atoms with Gasteiger partial charge in [0, 0.05) is 8.07 Å². The third kappa shape index (κ3) is 6.64. The molecule has 1 unspecified atom stereocenters. The van der Waals surface area contributed by atoms with Gasteiger partial charge >= 0.3 is 0 Å². The van der Waals surface area contributed by atoms with Crippen LogP contribution in [0.15, 0.2) is 0 Å². The van der Waals surface area contributed by atoms with Crippen molar-refractivity contribution >= 4 is 8.07 Å². The molecule has 0 aliphatic heterocycles. The summed E-state index contributed by atoms with van der Waals surface area (Å²) in [5, 5.41) is 0. The Balaban J connectivity index is 4.42. The molecule has 0 fully saturated rings. The van der Waals surface area contributed by atoms with Crippen molar-refractivity contribution in [1.82, 2.24) is 0 Å². The van der Waals surface area contributed by atoms with Gasteiger partial charge < -0.3 is 0 Å². The van der Waals surface area contributed by atoms with Gasteiger partial charge in [0.25, 0.3) is 0 Å². The first-order chi connectivity index (χ1) is 6.02. The van der Waals surface area contributed by atoms with Gasteiger partial charge in [-0.1, -0.05) is 60.3 Å². The Kier molecular flexibility index (Phi) is 4.90. The van der Waals surface area contributed by atoms with Gasteiger partial charge in [-0.3, -0.25) is 0 Å². The van der Waals surface area contributed by atoms with Crippen molar-refractivity contribution in [3.8, 4) is 0 Å². The van der Waals surface area contributed by atoms with Gasteiger partial charge in [0.05, 0.1) is 0 Å². The van der Waals surface area contributed by atoms with Gasteiger partial charge in [0.2, 0.25) is 0 Å². The molecule has 1 atom stereocenters. The van der Waals surface area contributed by atoms with Gasteiger partial charge in [0.1, 0.15) is 0 Å². The molecule has 1 heteroatoms. The maximum Gasteiger partial charge on any atom is 0.0445 e. The molecular weight excluding hydrogens is 184 g/mol. The maximum atomic E-state index is 2.49. The number of rotatable bonds is 4. The molecule has 0 aromatic carbocycles. The Morgan fingerprint density at radius 1 is 1.00 bits per heavy atom. The molecule has 0 heterocycles. The van der Waals surface area contributed by atoms with Crippen molar-refractivity contribution in [3.05, 3.63) is 0 Å². The van der Waals surface area contributed by atoms with E-state index < -0.39 is 8.07 Å². The molecule has 0 bridgehead atoms. The third-order valence-electron chi connectivity index (χ3n) is 2.84. The van der Waals surface area contributed by atoms with Gasteiger partial charge in [-0.05, 0) is 23.7 Å². The van der Waals surface area contributed by atoms with E-state index in [1.807, 2.05) is 0 Å². The van der Waals surface area contributed by atoms with Crippen molar-refractivity contribution in [3.63, 3.8) is 0 Å². The van der Waals surface area contributed by atoms with Crippen LogP contribution in [-0.4, -0.2) is 8.07 Å². The van der Waals surface area contributed by atoms with Crippen molar-refractivity contribution in [1.29, 1.82) is 0 Å². The van der Waals surface area contributed by atoms with Gasteiger partial charge in [0.15, 0.2) is 0 Å². The highest BCUT2D eigenvalue weighted by Crippen LogP contribution is 2.37. The summed E-state index contributed by atoms with van der Waals surface area (Å²) in [6, 6.07) is 1.48. The first-order valence-electron chi connectivity index (χ1n) is 6.02. The summed E-state index contributed by atoms with van der Waals surface area (Å²) in [6.45, 7) is 19.4. The predicted molar refractivity (Wildman–Crippen MR) is 70.6 cm³/mol. The molecule has 0 spiro atoms. The fourth-order valence-corrected chi connectivity index (χ4v) is 4.31. The van der Waals surface area contributed by atoms with E-state index in [4.69, 9.17) is 0 Å². The van der Waals surface area contributed by atoms with Crippen molar-refractivity contribution in [2.75, 3.05) is 0 Å². The van der Waals surface area contributed by atoms with Gasteiger partial charge in [-0.2, -0.15) is 0 Å². The zero-order valence-corrected chi connectivity index (χ0v) is 12.6. The van der Waals surface area contributed by atoms with E-state index in [9.17, 15) is 0 Å². The molecule has 14 heavy (non-hydrogen) atoms. The topological polar surface area (TPSA) is 0 Å². The summed E-state index contributed by atoms with van der Waals surface area (Å²) in [7, 11) is -0.897. The maximum absolute atomic E-state index is 2.49. The zero-order valence-electron chi connectivity index (χ0n) is 11.6. The second-order valence-electron chi connectivity index (χ2n) is 7.46. The molecule has 0 aliphatic rings. The molecule has 0 aliphatic carbocycles. The van der Waals surface area contributed by atoms with E-state index in [1.165, 1.54) is 12.5 Å². The van der Waals surface area contributed by atoms with E-state index in [0.29, 0.717) is 5.41 Å². The Bertz CT molecular complexity index is 157. The lowest BCUT2D eigenvalue weighted by Gasteiger charge is -2.36. The minimum Gasteiger partial charge on any atom is -0.0695 e. The van der Waals surface area contributed by atoms with E-state index in [1.54, 1.807) is 0 Å². The summed E-state index contributed by atoms with van der Waals surface area (Å²) in [4.78, 5) is 0. The minimum absolute atomic E-state index is 0.491. The van der Waals surface area contributed by atoms with Crippen LogP contribution in [0.1, 0.15) is 41.0 Å². The Morgan fingerprint density at radius 3 is 1.64 bits per heavy atom. The quantitative estimate of drug-likeness (QED) is 0.576. The van der Waals surface area contributed by atoms with Crippen LogP contribution >= 0.6 is 0 Å². The molecule has 0 nitrogen and oxygen atoms in total. The molecule has 0 radical (unpaired) electrons. The fourth-order valence-electron chi connectivity index (χ4n) is 2.05. The lowest BCUT2D eigenvalue weighted by molar-refractivity contribution is 0.222. The highest BCUT2D eigenvalue weighted by Gasteiger charge is 2.29. The SMILES string of the molecule is CC(C)CC(C[Si](C)(C)C)C(C)(C)C. The van der Waals surface area contributed by atoms with Gasteiger partial charge in [-0.15, -0.1) is 0 Å². The number of hydrogen-bond donors (Lipinski definition) is 0. The van der Waals surface area contributed by atoms with Crippen LogP contribution in [0.5, 0.6) is 0 Å². The molecule has 0 aromatic rings. The first kappa shape index (κ1) is 14.2. The molecule has 0 amide bonds. The normalized spacial score (nSPS) is 16.1. The number of hydrogen-bond acceptors (Lipinski definition) is 0. The van der Waals surface area contributed by atoms with Crippen LogP contribution in [0.4, 0.5) is 0 Å². The highest BCUT2D eigenvalue weighted by atomic mass is 28.3. The smallest absolute Gasteiger partial charge is 0.0445 e. The average Bonchev–Trinajstić information content (AvgIpc) is 1.78. The summed E-state index contributed by atoms with van der Waals surface area (Å²) >= 11 is 0. The van der Waals surface area contributed by atoms with E-state index in [-0.39, 0.29) is 0 Å². The summed E-state index contributed by atoms with van der Waals surface area (Å²) in [6.07, 6.45) is 1.40. The van der Waals surface area contributed by atoms with Crippen LogP contribution in [0.2, 0.25) is 25.7 Å². The minimum atomic E-state index is -0.897. The van der Waals surface area contributed by atoms with Crippen molar-refractivity contribution < 1.29 is 0 Å². The second kappa shape index (κ2) is 4.83. The second-order valence-corrected chi connectivity index (χ2v) is 13.0. The third-order valence-corrected chi connectivity index (χ3v) is 4.56. The van der Waals surface area contributed by atoms with Crippen LogP contribution in [0, 0.1) is 17.3 Å². The van der Waals surface area contributed by atoms with Crippen LogP contribution < -0.4 is 0 Å². The molecule has 0 saturated heterocycles. The molecular formula is C13H30Si. The monoisotopic (exact) mass is 214 g/mol. The fraction of sp³-hybridized carbons (Fsp3) is 1.00. The van der Waals surface area contributed by atoms with Crippen molar-refractivity contribution in [2.24, 2.45) is 17.3 Å². The van der Waals surface area contributed by atoms with Crippen LogP contribution in [-0.2, 0) is 0 Å². The van der Waals surface area contributed by atoms with Crippen molar-refractivity contribution in [2.45, 2.75) is 66.7 Å². The summed E-state index contributed by atoms with van der Waals surface area (Å²) < 4.78 is 0. The van der Waals surface area contributed by atoms with Gasteiger partial charge in [-0.25, -0.2) is 0 Å². The molecule has 0 rings (SSSR count). The van der Waals surface area contributed by atoms with Crippen LogP contribution in [0.25, 0.3) is 0 Å². The Hall–Kier alpha value is 0.217. The predicted octanol–water partition coefficient (Wildman–Crippen LogP) is 5.03. The summed E-state index contributed by atoms with van der Waals surface area (Å²) in [5.41, 5.74) is 0.491. The largest absolute Gasteiger partial charge is 0.0695 e. The lowest BCUT2D eigenvalue weighted by Crippen LogP contribution is -2.31. The van der Waals surface area contributed by atoms with Crippen LogP contribution in [0.3, 0.4) is 0 Å². The zero-order chi connectivity index (χ0) is 11.6. The first-order valence-corrected chi connectivity index (χ1v) is 9.73. The molecule has 0 N–H and O–H groups in total. The van der Waals surface area contributed by atoms with E-state index >= 15 is 0 Å². The van der Waals surface area contributed by atoms with E-state index in [2.05, 4.69) is 54.3 Å². The summed E-state index contributed by atoms with van der Waals surface area (Å²) in [5.74, 6) is 1.75. The Morgan fingerprint density at radius 2 is 1.43 bits per heavy atom. The average molecular weight is 214 g/mol. The van der Waals surface area contributed by atoms with E-state index in [0.717, 1.165) is 11.8 Å². The Labute approximate surface area is 92.5 Å². The lowest BCUT2D eigenvalue weighted by atomic mass is 9.77.